The van der Waals surface area contributed by atoms with Gasteiger partial charge in [-0.05, 0) is 19.9 Å². The first-order valence-electron chi connectivity index (χ1n) is 8.36. The van der Waals surface area contributed by atoms with Gasteiger partial charge in [0.1, 0.15) is 16.9 Å². The summed E-state index contributed by atoms with van der Waals surface area (Å²) in [5.41, 5.74) is 1.48. The number of methoxy groups -OCH3 is 1. The number of hydrogen-bond donors (Lipinski definition) is 1. The molecule has 0 spiro atoms. The molecule has 0 radical (unpaired) electrons. The highest BCUT2D eigenvalue weighted by molar-refractivity contribution is 6.08. The van der Waals surface area contributed by atoms with Gasteiger partial charge < -0.3 is 23.7 Å². The van der Waals surface area contributed by atoms with Crippen molar-refractivity contribution < 1.29 is 28.5 Å². The summed E-state index contributed by atoms with van der Waals surface area (Å²) in [7, 11) is 1.46. The lowest BCUT2D eigenvalue weighted by atomic mass is 10.1. The first-order chi connectivity index (χ1) is 12.1. The minimum atomic E-state index is -0.489. The average Bonchev–Trinajstić information content (AvgIpc) is 2.92. The maximum absolute atomic E-state index is 12.3. The van der Waals surface area contributed by atoms with Crippen LogP contribution in [0, 0.1) is 6.92 Å². The molecule has 1 saturated heterocycles. The molecule has 1 fully saturated rings. The zero-order valence-corrected chi connectivity index (χ0v) is 14.8. The Hall–Kier alpha value is -2.25. The van der Waals surface area contributed by atoms with Gasteiger partial charge in [0.05, 0.1) is 32.3 Å². The molecule has 0 atom stereocenters. The Bertz CT molecular complexity index is 776. The van der Waals surface area contributed by atoms with Crippen molar-refractivity contribution in [3.63, 3.8) is 0 Å². The van der Waals surface area contributed by atoms with Gasteiger partial charge in [-0.25, -0.2) is 4.79 Å². The number of benzene rings is 1. The number of aryl methyl sites for hydroxylation is 1. The molecule has 1 aliphatic heterocycles. The number of hydrogen-bond acceptors (Lipinski definition) is 7. The second-order valence-electron chi connectivity index (χ2n) is 5.93. The zero-order chi connectivity index (χ0) is 18.0. The Kier molecular flexibility index (Phi) is 5.15. The van der Waals surface area contributed by atoms with Crippen LogP contribution in [0.5, 0.6) is 11.5 Å². The summed E-state index contributed by atoms with van der Waals surface area (Å²) in [6.07, 6.45) is 0. The predicted octanol–water partition coefficient (Wildman–Crippen LogP) is 2.46. The monoisotopic (exact) mass is 349 g/mol. The number of phenols is 1. The van der Waals surface area contributed by atoms with Crippen LogP contribution in [0.2, 0.25) is 0 Å². The highest BCUT2D eigenvalue weighted by Gasteiger charge is 2.27. The Balaban J connectivity index is 2.07. The summed E-state index contributed by atoms with van der Waals surface area (Å²) in [6, 6.07) is 1.76. The number of morpholine rings is 1. The minimum Gasteiger partial charge on any atom is -0.504 e. The quantitative estimate of drug-likeness (QED) is 0.830. The molecule has 2 heterocycles. The third-order valence-electron chi connectivity index (χ3n) is 4.34. The van der Waals surface area contributed by atoms with Crippen molar-refractivity contribution >= 4 is 16.9 Å². The summed E-state index contributed by atoms with van der Waals surface area (Å²) in [6.45, 7) is 7.19. The number of rotatable bonds is 5. The number of aromatic hydroxyl groups is 1. The SMILES string of the molecule is CCOC(=O)c1c(C)oc2cc(CN3CCOCC3)c(O)c(OC)c12. The molecule has 136 valence electrons. The second-order valence-corrected chi connectivity index (χ2v) is 5.93. The van der Waals surface area contributed by atoms with E-state index in [-0.39, 0.29) is 18.1 Å². The van der Waals surface area contributed by atoms with Crippen LogP contribution in [0.25, 0.3) is 11.0 Å². The van der Waals surface area contributed by atoms with Crippen molar-refractivity contribution in [3.8, 4) is 11.5 Å². The largest absolute Gasteiger partial charge is 0.504 e. The third-order valence-corrected chi connectivity index (χ3v) is 4.34. The van der Waals surface area contributed by atoms with Gasteiger partial charge in [-0.1, -0.05) is 0 Å². The predicted molar refractivity (Wildman–Crippen MR) is 91.2 cm³/mol. The smallest absolute Gasteiger partial charge is 0.342 e. The molecule has 25 heavy (non-hydrogen) atoms. The lowest BCUT2D eigenvalue weighted by molar-refractivity contribution is 0.0338. The molecule has 2 aromatic rings. The van der Waals surface area contributed by atoms with Crippen LogP contribution in [0.15, 0.2) is 10.5 Å². The summed E-state index contributed by atoms with van der Waals surface area (Å²) in [5, 5.41) is 11.1. The van der Waals surface area contributed by atoms with Gasteiger partial charge in [-0.2, -0.15) is 0 Å². The zero-order valence-electron chi connectivity index (χ0n) is 14.8. The van der Waals surface area contributed by atoms with E-state index in [4.69, 9.17) is 18.6 Å². The third kappa shape index (κ3) is 3.29. The van der Waals surface area contributed by atoms with Crippen molar-refractivity contribution in [2.75, 3.05) is 40.0 Å². The minimum absolute atomic E-state index is 0.0211. The van der Waals surface area contributed by atoms with Crippen LogP contribution in [-0.2, 0) is 16.0 Å². The molecule has 7 heteroatoms. The Morgan fingerprint density at radius 1 is 1.36 bits per heavy atom. The van der Waals surface area contributed by atoms with E-state index < -0.39 is 5.97 Å². The van der Waals surface area contributed by atoms with Gasteiger partial charge in [-0.15, -0.1) is 0 Å². The number of ether oxygens (including phenoxy) is 3. The maximum Gasteiger partial charge on any atom is 0.342 e. The van der Waals surface area contributed by atoms with Crippen LogP contribution in [0.1, 0.15) is 28.6 Å². The average molecular weight is 349 g/mol. The lowest BCUT2D eigenvalue weighted by Gasteiger charge is -2.27. The highest BCUT2D eigenvalue weighted by Crippen LogP contribution is 2.42. The molecule has 1 N–H and O–H groups in total. The van der Waals surface area contributed by atoms with E-state index in [1.807, 2.05) is 0 Å². The molecule has 0 saturated carbocycles. The lowest BCUT2D eigenvalue weighted by Crippen LogP contribution is -2.35. The van der Waals surface area contributed by atoms with Gasteiger partial charge in [0.25, 0.3) is 0 Å². The standard InChI is InChI=1S/C18H23NO6/c1-4-24-18(21)14-11(2)25-13-9-12(10-19-5-7-23-8-6-19)16(20)17(22-3)15(13)14/h9,20H,4-8,10H2,1-3H3. The summed E-state index contributed by atoms with van der Waals surface area (Å²) in [4.78, 5) is 14.5. The molecule has 1 aromatic heterocycles. The van der Waals surface area contributed by atoms with Gasteiger partial charge in [0, 0.05) is 25.2 Å². The fraction of sp³-hybridized carbons (Fsp3) is 0.500. The fourth-order valence-electron chi connectivity index (χ4n) is 3.15. The van der Waals surface area contributed by atoms with E-state index >= 15 is 0 Å². The van der Waals surface area contributed by atoms with E-state index in [1.54, 1.807) is 19.9 Å². The summed E-state index contributed by atoms with van der Waals surface area (Å²) < 4.78 is 21.6. The van der Waals surface area contributed by atoms with Crippen LogP contribution >= 0.6 is 0 Å². The number of carbonyl (C=O) groups excluding carboxylic acids is 1. The maximum atomic E-state index is 12.3. The van der Waals surface area contributed by atoms with Crippen LogP contribution in [-0.4, -0.2) is 56.0 Å². The van der Waals surface area contributed by atoms with Gasteiger partial charge in [-0.3, -0.25) is 4.90 Å². The van der Waals surface area contributed by atoms with E-state index in [2.05, 4.69) is 4.90 Å². The Labute approximate surface area is 146 Å². The van der Waals surface area contributed by atoms with E-state index in [9.17, 15) is 9.90 Å². The van der Waals surface area contributed by atoms with Crippen molar-refractivity contribution in [2.45, 2.75) is 20.4 Å². The summed E-state index contributed by atoms with van der Waals surface area (Å²) >= 11 is 0. The number of nitrogens with zero attached hydrogens (tertiary/aromatic N) is 1. The topological polar surface area (TPSA) is 81.4 Å². The molecule has 3 rings (SSSR count). The Morgan fingerprint density at radius 3 is 2.72 bits per heavy atom. The number of esters is 1. The van der Waals surface area contributed by atoms with E-state index in [1.165, 1.54) is 7.11 Å². The Morgan fingerprint density at radius 2 is 2.08 bits per heavy atom. The molecular weight excluding hydrogens is 326 g/mol. The first-order valence-corrected chi connectivity index (χ1v) is 8.36. The number of fused-ring (bicyclic) bond motifs is 1. The molecule has 7 nitrogen and oxygen atoms in total. The van der Waals surface area contributed by atoms with Crippen LogP contribution in [0.4, 0.5) is 0 Å². The molecular formula is C18H23NO6. The first kappa shape index (κ1) is 17.6. The number of furan rings is 1. The number of carbonyl (C=O) groups is 1. The van der Waals surface area contributed by atoms with Crippen molar-refractivity contribution in [2.24, 2.45) is 0 Å². The molecule has 1 aromatic carbocycles. The van der Waals surface area contributed by atoms with Crippen LogP contribution in [0.3, 0.4) is 0 Å². The normalized spacial score (nSPS) is 15.5. The second kappa shape index (κ2) is 7.33. The molecule has 0 unspecified atom stereocenters. The number of phenolic OH excluding ortho intramolecular Hbond substituents is 1. The molecule has 0 aliphatic carbocycles. The summed E-state index contributed by atoms with van der Waals surface area (Å²) in [5.74, 6) is 0.209. The van der Waals surface area contributed by atoms with Crippen molar-refractivity contribution in [3.05, 3.63) is 23.0 Å². The van der Waals surface area contributed by atoms with Gasteiger partial charge in [0.15, 0.2) is 11.5 Å². The molecule has 0 bridgehead atoms. The van der Waals surface area contributed by atoms with Crippen LogP contribution < -0.4 is 4.74 Å². The molecule has 0 amide bonds. The fourth-order valence-corrected chi connectivity index (χ4v) is 3.15. The highest BCUT2D eigenvalue weighted by atomic mass is 16.5. The van der Waals surface area contributed by atoms with Crippen molar-refractivity contribution in [1.82, 2.24) is 4.90 Å². The van der Waals surface area contributed by atoms with E-state index in [0.29, 0.717) is 47.6 Å². The van der Waals surface area contributed by atoms with Crippen molar-refractivity contribution in [1.29, 1.82) is 0 Å². The van der Waals surface area contributed by atoms with E-state index in [0.717, 1.165) is 13.1 Å². The van der Waals surface area contributed by atoms with Gasteiger partial charge in [0.2, 0.25) is 0 Å². The molecule has 1 aliphatic rings. The van der Waals surface area contributed by atoms with Gasteiger partial charge >= 0.3 is 5.97 Å².